The van der Waals surface area contributed by atoms with E-state index in [9.17, 15) is 0 Å². The summed E-state index contributed by atoms with van der Waals surface area (Å²) in [4.78, 5) is 0. The summed E-state index contributed by atoms with van der Waals surface area (Å²) < 4.78 is 5.44. The Balaban J connectivity index is 1.89. The summed E-state index contributed by atoms with van der Waals surface area (Å²) in [6.07, 6.45) is 9.93. The van der Waals surface area contributed by atoms with E-state index in [0.717, 1.165) is 25.0 Å². The molecule has 104 valence electrons. The first-order valence-corrected chi connectivity index (χ1v) is 7.63. The van der Waals surface area contributed by atoms with Gasteiger partial charge in [0.15, 0.2) is 0 Å². The smallest absolute Gasteiger partial charge is 0.0716 e. The lowest BCUT2D eigenvalue weighted by Crippen LogP contribution is -2.11. The van der Waals surface area contributed by atoms with Crippen LogP contribution in [0.4, 0.5) is 0 Å². The van der Waals surface area contributed by atoms with Gasteiger partial charge in [-0.2, -0.15) is 0 Å². The lowest BCUT2D eigenvalue weighted by molar-refractivity contribution is 0.134. The molecule has 0 spiro atoms. The van der Waals surface area contributed by atoms with Crippen LogP contribution in [-0.2, 0) is 11.3 Å². The number of benzene rings is 1. The molecule has 0 heterocycles. The second-order valence-corrected chi connectivity index (χ2v) is 5.52. The minimum atomic E-state index is 0.741. The van der Waals surface area contributed by atoms with Crippen LogP contribution in [0, 0.1) is 5.92 Å². The van der Waals surface area contributed by atoms with E-state index in [2.05, 4.69) is 43.3 Å². The molecule has 1 aromatic carbocycles. The molecule has 0 amide bonds. The van der Waals surface area contributed by atoms with E-state index in [4.69, 9.17) is 4.74 Å². The van der Waals surface area contributed by atoms with Crippen LogP contribution in [0.1, 0.15) is 56.6 Å². The molecule has 1 heteroatoms. The fraction of sp³-hybridized carbons (Fsp3) is 0.556. The molecule has 1 saturated carbocycles. The Bertz CT molecular complexity index is 383. The van der Waals surface area contributed by atoms with Crippen molar-refractivity contribution in [3.8, 4) is 0 Å². The zero-order chi connectivity index (χ0) is 13.5. The highest BCUT2D eigenvalue weighted by Gasteiger charge is 2.20. The van der Waals surface area contributed by atoms with Gasteiger partial charge >= 0.3 is 0 Å². The van der Waals surface area contributed by atoms with Gasteiger partial charge in [0.05, 0.1) is 6.61 Å². The molecule has 0 saturated heterocycles. The zero-order valence-electron chi connectivity index (χ0n) is 12.3. The molecule has 19 heavy (non-hydrogen) atoms. The molecule has 1 aromatic rings. The highest BCUT2D eigenvalue weighted by atomic mass is 16.5. The Morgan fingerprint density at radius 3 is 2.37 bits per heavy atom. The molecule has 0 atom stereocenters. The Kier molecular flexibility index (Phi) is 5.65. The summed E-state index contributed by atoms with van der Waals surface area (Å²) >= 11 is 0. The van der Waals surface area contributed by atoms with Gasteiger partial charge in [-0.05, 0) is 62.5 Å². The number of rotatable bonds is 5. The molecule has 0 unspecified atom stereocenters. The summed E-state index contributed by atoms with van der Waals surface area (Å²) in [7, 11) is 0. The van der Waals surface area contributed by atoms with Crippen LogP contribution < -0.4 is 0 Å². The lowest BCUT2D eigenvalue weighted by Gasteiger charge is -2.27. The van der Waals surface area contributed by atoms with Crippen molar-refractivity contribution in [3.05, 3.63) is 47.5 Å². The molecule has 0 radical (unpaired) electrons. The summed E-state index contributed by atoms with van der Waals surface area (Å²) in [6.45, 7) is 5.70. The minimum absolute atomic E-state index is 0.741. The van der Waals surface area contributed by atoms with E-state index < -0.39 is 0 Å². The van der Waals surface area contributed by atoms with Gasteiger partial charge in [-0.15, -0.1) is 0 Å². The molecule has 2 rings (SSSR count). The Morgan fingerprint density at radius 2 is 1.79 bits per heavy atom. The van der Waals surface area contributed by atoms with E-state index in [1.807, 2.05) is 6.92 Å². The van der Waals surface area contributed by atoms with Crippen LogP contribution >= 0.6 is 0 Å². The molecule has 0 aromatic heterocycles. The maximum Gasteiger partial charge on any atom is 0.0716 e. The molecular formula is C18H26O. The fourth-order valence-corrected chi connectivity index (χ4v) is 3.02. The first-order chi connectivity index (χ1) is 9.33. The quantitative estimate of drug-likeness (QED) is 0.670. The third kappa shape index (κ3) is 4.21. The SMILES string of the molecule is CC=CC1CCC(c2ccc(COCC)cc2)CC1. The van der Waals surface area contributed by atoms with Gasteiger partial charge in [0.25, 0.3) is 0 Å². The molecule has 1 aliphatic rings. The molecule has 0 bridgehead atoms. The predicted molar refractivity (Wildman–Crippen MR) is 81.3 cm³/mol. The molecule has 1 fully saturated rings. The third-order valence-electron chi connectivity index (χ3n) is 4.16. The fourth-order valence-electron chi connectivity index (χ4n) is 3.02. The average molecular weight is 258 g/mol. The Hall–Kier alpha value is -1.08. The second kappa shape index (κ2) is 7.49. The lowest BCUT2D eigenvalue weighted by atomic mass is 9.78. The number of hydrogen-bond acceptors (Lipinski definition) is 1. The van der Waals surface area contributed by atoms with E-state index in [1.54, 1.807) is 0 Å². The van der Waals surface area contributed by atoms with E-state index in [1.165, 1.54) is 36.8 Å². The summed E-state index contributed by atoms with van der Waals surface area (Å²) in [6, 6.07) is 9.05. The van der Waals surface area contributed by atoms with Crippen LogP contribution in [0.5, 0.6) is 0 Å². The third-order valence-corrected chi connectivity index (χ3v) is 4.16. The highest BCUT2D eigenvalue weighted by Crippen LogP contribution is 2.36. The van der Waals surface area contributed by atoms with Crippen LogP contribution in [0.2, 0.25) is 0 Å². The highest BCUT2D eigenvalue weighted by molar-refractivity contribution is 5.25. The van der Waals surface area contributed by atoms with E-state index in [-0.39, 0.29) is 0 Å². The molecular weight excluding hydrogens is 232 g/mol. The van der Waals surface area contributed by atoms with Crippen molar-refractivity contribution in [1.29, 1.82) is 0 Å². The Morgan fingerprint density at radius 1 is 1.11 bits per heavy atom. The normalized spacial score (nSPS) is 23.9. The van der Waals surface area contributed by atoms with Crippen molar-refractivity contribution in [1.82, 2.24) is 0 Å². The van der Waals surface area contributed by atoms with Gasteiger partial charge in [-0.25, -0.2) is 0 Å². The van der Waals surface area contributed by atoms with Crippen LogP contribution in [0.15, 0.2) is 36.4 Å². The molecule has 0 aliphatic heterocycles. The topological polar surface area (TPSA) is 9.23 Å². The van der Waals surface area contributed by atoms with Crippen LogP contribution in [-0.4, -0.2) is 6.61 Å². The number of hydrogen-bond donors (Lipinski definition) is 0. The largest absolute Gasteiger partial charge is 0.377 e. The van der Waals surface area contributed by atoms with Crippen molar-refractivity contribution < 1.29 is 4.74 Å². The molecule has 0 N–H and O–H groups in total. The van der Waals surface area contributed by atoms with Gasteiger partial charge in [0, 0.05) is 6.61 Å². The minimum Gasteiger partial charge on any atom is -0.377 e. The summed E-state index contributed by atoms with van der Waals surface area (Å²) in [5.74, 6) is 1.58. The summed E-state index contributed by atoms with van der Waals surface area (Å²) in [5.41, 5.74) is 2.80. The number of ether oxygens (including phenoxy) is 1. The first-order valence-electron chi connectivity index (χ1n) is 7.63. The second-order valence-electron chi connectivity index (χ2n) is 5.52. The monoisotopic (exact) mass is 258 g/mol. The van der Waals surface area contributed by atoms with Crippen molar-refractivity contribution in [2.24, 2.45) is 5.92 Å². The van der Waals surface area contributed by atoms with E-state index in [0.29, 0.717) is 0 Å². The Labute approximate surface area is 117 Å². The van der Waals surface area contributed by atoms with E-state index >= 15 is 0 Å². The van der Waals surface area contributed by atoms with Crippen LogP contribution in [0.25, 0.3) is 0 Å². The predicted octanol–water partition coefficient (Wildman–Crippen LogP) is 5.07. The van der Waals surface area contributed by atoms with Gasteiger partial charge in [-0.3, -0.25) is 0 Å². The maximum absolute atomic E-state index is 5.44. The standard InChI is InChI=1S/C18H26O/c1-3-5-15-6-10-17(11-7-15)18-12-8-16(9-13-18)14-19-4-2/h3,5,8-9,12-13,15,17H,4,6-7,10-11,14H2,1-2H3. The van der Waals surface area contributed by atoms with Gasteiger partial charge in [0.2, 0.25) is 0 Å². The zero-order valence-corrected chi connectivity index (χ0v) is 12.3. The maximum atomic E-state index is 5.44. The molecule has 1 aliphatic carbocycles. The first kappa shape index (κ1) is 14.3. The van der Waals surface area contributed by atoms with Gasteiger partial charge in [-0.1, -0.05) is 36.4 Å². The van der Waals surface area contributed by atoms with Crippen molar-refractivity contribution >= 4 is 0 Å². The number of allylic oxidation sites excluding steroid dienone is 2. The molecule has 1 nitrogen and oxygen atoms in total. The van der Waals surface area contributed by atoms with Crippen LogP contribution in [0.3, 0.4) is 0 Å². The van der Waals surface area contributed by atoms with Gasteiger partial charge in [0.1, 0.15) is 0 Å². The summed E-state index contributed by atoms with van der Waals surface area (Å²) in [5, 5.41) is 0. The van der Waals surface area contributed by atoms with Gasteiger partial charge < -0.3 is 4.74 Å². The van der Waals surface area contributed by atoms with Crippen molar-refractivity contribution in [2.45, 2.75) is 52.1 Å². The van der Waals surface area contributed by atoms with Crippen molar-refractivity contribution in [3.63, 3.8) is 0 Å². The average Bonchev–Trinajstić information content (AvgIpc) is 2.47. The van der Waals surface area contributed by atoms with Crippen molar-refractivity contribution in [2.75, 3.05) is 6.61 Å².